The fraction of sp³-hybridized carbons (Fsp3) is 0.0909. The normalized spacial score (nSPS) is 12.0. The zero-order chi connectivity index (χ0) is 19.9. The van der Waals surface area contributed by atoms with E-state index in [9.17, 15) is 0 Å². The highest BCUT2D eigenvalue weighted by molar-refractivity contribution is 9.10. The molecule has 0 heterocycles. The fourth-order valence-corrected chi connectivity index (χ4v) is 3.42. The number of guanidine groups is 1. The highest BCUT2D eigenvalue weighted by atomic mass is 79.9. The number of nitrogens with two attached hydrogens (primary N) is 1. The van der Waals surface area contributed by atoms with Gasteiger partial charge in [-0.05, 0) is 40.2 Å². The maximum Gasteiger partial charge on any atom is 0.214 e. The van der Waals surface area contributed by atoms with Crippen molar-refractivity contribution >= 4 is 39.0 Å². The number of halogens is 1. The Morgan fingerprint density at radius 3 is 2.14 bits per heavy atom. The Morgan fingerprint density at radius 1 is 0.893 bits per heavy atom. The van der Waals surface area contributed by atoms with E-state index < -0.39 is 0 Å². The predicted molar refractivity (Wildman–Crippen MR) is 121 cm³/mol. The molecule has 0 amide bonds. The molecule has 0 radical (unpaired) electrons. The number of hydrazone groups is 1. The van der Waals surface area contributed by atoms with E-state index in [0.29, 0.717) is 0 Å². The third-order valence-electron chi connectivity index (χ3n) is 4.04. The number of nitrogens with zero attached hydrogens (tertiary/aromatic N) is 3. The summed E-state index contributed by atoms with van der Waals surface area (Å²) in [6.45, 7) is 0. The van der Waals surface area contributed by atoms with E-state index in [1.807, 2.05) is 86.9 Å². The summed E-state index contributed by atoms with van der Waals surface area (Å²) >= 11 is 3.65. The molecule has 6 heteroatoms. The van der Waals surface area contributed by atoms with Crippen LogP contribution in [-0.4, -0.2) is 25.8 Å². The Morgan fingerprint density at radius 2 is 1.54 bits per heavy atom. The van der Waals surface area contributed by atoms with E-state index in [1.165, 1.54) is 0 Å². The van der Waals surface area contributed by atoms with Crippen molar-refractivity contribution in [3.05, 3.63) is 94.5 Å². The van der Waals surface area contributed by atoms with Crippen molar-refractivity contribution in [2.75, 3.05) is 19.0 Å². The minimum absolute atomic E-state index is 0.226. The summed E-state index contributed by atoms with van der Waals surface area (Å²) in [5.74, 6) is 0.226. The maximum atomic E-state index is 6.02. The fourth-order valence-electron chi connectivity index (χ4n) is 2.69. The molecule has 0 saturated heterocycles. The molecular formula is C22H22BrN5. The molecule has 3 aromatic carbocycles. The van der Waals surface area contributed by atoms with Gasteiger partial charge in [0.1, 0.15) is 0 Å². The van der Waals surface area contributed by atoms with Gasteiger partial charge in [0.2, 0.25) is 5.96 Å². The third-order valence-corrected chi connectivity index (χ3v) is 4.67. The summed E-state index contributed by atoms with van der Waals surface area (Å²) < 4.78 is 0.990. The van der Waals surface area contributed by atoms with Crippen LogP contribution in [-0.2, 0) is 0 Å². The molecule has 0 unspecified atom stereocenters. The molecule has 0 aromatic heterocycles. The lowest BCUT2D eigenvalue weighted by atomic mass is 10.0. The number of anilines is 1. The van der Waals surface area contributed by atoms with Crippen molar-refractivity contribution in [1.29, 1.82) is 0 Å². The second-order valence-electron chi connectivity index (χ2n) is 6.33. The topological polar surface area (TPSA) is 66.0 Å². The van der Waals surface area contributed by atoms with Crippen molar-refractivity contribution in [2.45, 2.75) is 0 Å². The minimum Gasteiger partial charge on any atom is -0.377 e. The highest BCUT2D eigenvalue weighted by Crippen LogP contribution is 2.27. The first-order chi connectivity index (χ1) is 13.5. The molecule has 0 aliphatic rings. The quantitative estimate of drug-likeness (QED) is 0.352. The zero-order valence-electron chi connectivity index (χ0n) is 15.8. The van der Waals surface area contributed by atoms with Crippen molar-refractivity contribution < 1.29 is 0 Å². The predicted octanol–water partition coefficient (Wildman–Crippen LogP) is 4.50. The lowest BCUT2D eigenvalue weighted by Gasteiger charge is -2.16. The van der Waals surface area contributed by atoms with Crippen LogP contribution in [0.5, 0.6) is 0 Å². The number of rotatable bonds is 5. The van der Waals surface area contributed by atoms with Crippen molar-refractivity contribution in [1.82, 2.24) is 5.43 Å². The Kier molecular flexibility index (Phi) is 6.45. The Hall–Kier alpha value is -3.12. The van der Waals surface area contributed by atoms with Gasteiger partial charge in [-0.3, -0.25) is 0 Å². The van der Waals surface area contributed by atoms with Crippen LogP contribution in [0.3, 0.4) is 0 Å². The van der Waals surface area contributed by atoms with Gasteiger partial charge in [0.25, 0.3) is 0 Å². The van der Waals surface area contributed by atoms with Gasteiger partial charge in [-0.1, -0.05) is 54.6 Å². The van der Waals surface area contributed by atoms with Crippen LogP contribution in [0.2, 0.25) is 0 Å². The van der Waals surface area contributed by atoms with Gasteiger partial charge < -0.3 is 10.6 Å². The first kappa shape index (κ1) is 19.6. The molecular weight excluding hydrogens is 414 g/mol. The third kappa shape index (κ3) is 4.98. The van der Waals surface area contributed by atoms with Crippen LogP contribution in [0.25, 0.3) is 0 Å². The second kappa shape index (κ2) is 9.19. The van der Waals surface area contributed by atoms with Crippen LogP contribution in [0.15, 0.2) is 93.4 Å². The van der Waals surface area contributed by atoms with E-state index in [2.05, 4.69) is 42.4 Å². The molecule has 28 heavy (non-hydrogen) atoms. The number of benzene rings is 3. The molecule has 5 nitrogen and oxygen atoms in total. The average molecular weight is 436 g/mol. The lowest BCUT2D eigenvalue weighted by molar-refractivity contribution is 1.01. The number of para-hydroxylation sites is 1. The van der Waals surface area contributed by atoms with E-state index >= 15 is 0 Å². The van der Waals surface area contributed by atoms with Gasteiger partial charge in [0.15, 0.2) is 0 Å². The molecule has 3 aromatic rings. The summed E-state index contributed by atoms with van der Waals surface area (Å²) in [7, 11) is 4.02. The number of hydrogen-bond acceptors (Lipinski definition) is 3. The summed E-state index contributed by atoms with van der Waals surface area (Å²) in [5, 5.41) is 4.55. The number of hydrogen-bond donors (Lipinski definition) is 2. The number of nitrogens with one attached hydrogen (secondary N) is 1. The Labute approximate surface area is 173 Å². The smallest absolute Gasteiger partial charge is 0.214 e. The van der Waals surface area contributed by atoms with Gasteiger partial charge in [-0.25, -0.2) is 10.4 Å². The average Bonchev–Trinajstić information content (AvgIpc) is 2.69. The molecule has 142 valence electrons. The summed E-state index contributed by atoms with van der Waals surface area (Å²) in [5.41, 5.74) is 13.5. The highest BCUT2D eigenvalue weighted by Gasteiger charge is 2.11. The van der Waals surface area contributed by atoms with Crippen molar-refractivity contribution in [2.24, 2.45) is 15.8 Å². The van der Waals surface area contributed by atoms with E-state index in [-0.39, 0.29) is 5.96 Å². The van der Waals surface area contributed by atoms with Crippen LogP contribution in [0.4, 0.5) is 11.4 Å². The van der Waals surface area contributed by atoms with Crippen molar-refractivity contribution in [3.8, 4) is 0 Å². The van der Waals surface area contributed by atoms with Crippen LogP contribution in [0, 0.1) is 0 Å². The zero-order valence-corrected chi connectivity index (χ0v) is 17.4. The summed E-state index contributed by atoms with van der Waals surface area (Å²) in [6.07, 6.45) is 0. The van der Waals surface area contributed by atoms with E-state index in [4.69, 9.17) is 5.73 Å². The SMILES string of the molecule is CN(C)c1ccc(/C(=N/NC(N)=Nc2ccccc2)c2ccccc2)cc1Br. The summed E-state index contributed by atoms with van der Waals surface area (Å²) in [4.78, 5) is 6.39. The molecule has 0 saturated carbocycles. The van der Waals surface area contributed by atoms with Crippen LogP contribution >= 0.6 is 15.9 Å². The first-order valence-electron chi connectivity index (χ1n) is 8.80. The monoisotopic (exact) mass is 435 g/mol. The maximum absolute atomic E-state index is 6.02. The van der Waals surface area contributed by atoms with Crippen LogP contribution < -0.4 is 16.1 Å². The van der Waals surface area contributed by atoms with Gasteiger partial charge in [0.05, 0.1) is 17.1 Å². The summed E-state index contributed by atoms with van der Waals surface area (Å²) in [6, 6.07) is 25.6. The van der Waals surface area contributed by atoms with E-state index in [1.54, 1.807) is 0 Å². The lowest BCUT2D eigenvalue weighted by Crippen LogP contribution is -2.28. The molecule has 3 N–H and O–H groups in total. The van der Waals surface area contributed by atoms with Crippen LogP contribution in [0.1, 0.15) is 11.1 Å². The Bertz CT molecular complexity index is 982. The molecule has 0 aliphatic carbocycles. The molecule has 0 aliphatic heterocycles. The molecule has 0 bridgehead atoms. The van der Waals surface area contributed by atoms with Gasteiger partial charge >= 0.3 is 0 Å². The van der Waals surface area contributed by atoms with Gasteiger partial charge in [-0.2, -0.15) is 5.10 Å². The largest absolute Gasteiger partial charge is 0.377 e. The van der Waals surface area contributed by atoms with E-state index in [0.717, 1.165) is 32.7 Å². The first-order valence-corrected chi connectivity index (χ1v) is 9.59. The minimum atomic E-state index is 0.226. The standard InChI is InChI=1S/C22H22BrN5/c1-28(2)20-14-13-17(15-19(20)23)21(16-9-5-3-6-10-16)26-27-22(24)25-18-11-7-4-8-12-18/h3-15H,1-2H3,(H3,24,25,27)/b26-21+. The molecule has 0 fully saturated rings. The number of aliphatic imine (C=N–C) groups is 1. The van der Waals surface area contributed by atoms with Gasteiger partial charge in [-0.15, -0.1) is 0 Å². The van der Waals surface area contributed by atoms with Gasteiger partial charge in [0, 0.05) is 29.7 Å². The molecule has 0 spiro atoms. The molecule has 3 rings (SSSR count). The molecule has 0 atom stereocenters. The van der Waals surface area contributed by atoms with Crippen molar-refractivity contribution in [3.63, 3.8) is 0 Å². The second-order valence-corrected chi connectivity index (χ2v) is 7.19. The Balaban J connectivity index is 1.95.